The standard InChI is InChI=1S/C87H146O16P2/c1-4-7-10-13-16-19-22-25-28-31-34-36-38-39-40-41-43-45-47-49-52-55-58-61-64-67-70-73-85(90)97-76-82(88)77-99-104(93,94)100-78-83(89)79-101-105(95,96)102-81-84(103-87(92)75-72-69-66-63-60-57-54-51-46-33-30-27-24-21-18-15-12-9-6-3)80-98-86(91)74-71-68-65-62-59-56-53-50-48-44-42-37-35-32-29-26-23-20-17-14-11-8-5-2/h8,11,16-21,25-30,34-37,39-40,44,46,48,51,53,56,82-84,88-89H,4-7,9-10,12-15,22-24,31-33,38,41-43,45,47,49-50,52,54-55,57-81H2,1-3H3,(H,93,94)(H,95,96)/b11-8-,19-16-,20-17-,21-18-,28-25-,29-26-,30-27-,36-34-,37-35-,40-39-,48-44-,51-46-,56-53-. The zero-order valence-electron chi connectivity index (χ0n) is 65.6. The lowest BCUT2D eigenvalue weighted by molar-refractivity contribution is -0.161. The molecular formula is C87H146O16P2. The van der Waals surface area contributed by atoms with E-state index < -0.39 is 91.5 Å². The Morgan fingerprint density at radius 1 is 0.276 bits per heavy atom. The third-order valence-corrected chi connectivity index (χ3v) is 18.6. The van der Waals surface area contributed by atoms with Gasteiger partial charge in [-0.2, -0.15) is 0 Å². The summed E-state index contributed by atoms with van der Waals surface area (Å²) in [6.07, 6.45) is 98.4. The van der Waals surface area contributed by atoms with Gasteiger partial charge in [-0.1, -0.05) is 301 Å². The summed E-state index contributed by atoms with van der Waals surface area (Å²) in [6.45, 7) is 2.47. The van der Waals surface area contributed by atoms with Crippen LogP contribution in [0.25, 0.3) is 0 Å². The van der Waals surface area contributed by atoms with Gasteiger partial charge in [0.2, 0.25) is 0 Å². The van der Waals surface area contributed by atoms with Gasteiger partial charge in [-0.15, -0.1) is 0 Å². The van der Waals surface area contributed by atoms with Crippen molar-refractivity contribution in [2.75, 3.05) is 39.6 Å². The van der Waals surface area contributed by atoms with Crippen molar-refractivity contribution in [3.63, 3.8) is 0 Å². The quantitative estimate of drug-likeness (QED) is 0.0146. The van der Waals surface area contributed by atoms with Crippen LogP contribution in [0.4, 0.5) is 0 Å². The second-order valence-electron chi connectivity index (χ2n) is 26.8. The van der Waals surface area contributed by atoms with Crippen LogP contribution in [0, 0.1) is 0 Å². The van der Waals surface area contributed by atoms with Gasteiger partial charge in [-0.3, -0.25) is 32.5 Å². The molecule has 0 aliphatic carbocycles. The third kappa shape index (κ3) is 80.0. The molecule has 0 aromatic rings. The first-order valence-corrected chi connectivity index (χ1v) is 43.8. The van der Waals surface area contributed by atoms with Crippen LogP contribution >= 0.6 is 15.6 Å². The molecule has 0 rings (SSSR count). The lowest BCUT2D eigenvalue weighted by Crippen LogP contribution is -2.30. The molecule has 0 aliphatic rings. The number of esters is 3. The molecule has 0 saturated carbocycles. The van der Waals surface area contributed by atoms with Crippen LogP contribution in [0.15, 0.2) is 158 Å². The highest BCUT2D eigenvalue weighted by atomic mass is 31.2. The average Bonchev–Trinajstić information content (AvgIpc) is 0.921. The fourth-order valence-electron chi connectivity index (χ4n) is 10.5. The fourth-order valence-corrected chi connectivity index (χ4v) is 12.1. The van der Waals surface area contributed by atoms with Crippen molar-refractivity contribution in [2.45, 2.75) is 334 Å². The molecule has 18 heteroatoms. The van der Waals surface area contributed by atoms with E-state index in [4.69, 9.17) is 32.3 Å². The minimum absolute atomic E-state index is 0.0785. The van der Waals surface area contributed by atoms with Crippen LogP contribution in [-0.2, 0) is 55.8 Å². The van der Waals surface area contributed by atoms with E-state index in [1.807, 2.05) is 0 Å². The van der Waals surface area contributed by atoms with Gasteiger partial charge < -0.3 is 34.2 Å². The molecule has 0 spiro atoms. The van der Waals surface area contributed by atoms with E-state index >= 15 is 0 Å². The van der Waals surface area contributed by atoms with Crippen molar-refractivity contribution >= 4 is 33.6 Å². The number of hydrogen-bond acceptors (Lipinski definition) is 14. The Labute approximate surface area is 638 Å². The Balaban J connectivity index is 4.68. The van der Waals surface area contributed by atoms with Crippen molar-refractivity contribution in [2.24, 2.45) is 0 Å². The number of carbonyl (C=O) groups excluding carboxylic acids is 3. The van der Waals surface area contributed by atoms with E-state index in [2.05, 4.69) is 179 Å². The molecule has 0 fully saturated rings. The van der Waals surface area contributed by atoms with Gasteiger partial charge in [0.05, 0.1) is 26.4 Å². The summed E-state index contributed by atoms with van der Waals surface area (Å²) >= 11 is 0. The van der Waals surface area contributed by atoms with Crippen molar-refractivity contribution in [1.82, 2.24) is 0 Å². The molecule has 5 unspecified atom stereocenters. The van der Waals surface area contributed by atoms with Gasteiger partial charge in [-0.25, -0.2) is 9.13 Å². The van der Waals surface area contributed by atoms with Gasteiger partial charge in [0.15, 0.2) is 6.10 Å². The van der Waals surface area contributed by atoms with Gasteiger partial charge >= 0.3 is 33.6 Å². The van der Waals surface area contributed by atoms with Gasteiger partial charge in [0.1, 0.15) is 25.4 Å². The first kappa shape index (κ1) is 100. The number of aliphatic hydroxyl groups is 2. The van der Waals surface area contributed by atoms with Crippen LogP contribution in [0.1, 0.15) is 316 Å². The monoisotopic (exact) mass is 1510 g/mol. The predicted octanol–water partition coefficient (Wildman–Crippen LogP) is 24.2. The molecule has 0 aliphatic heterocycles. The molecule has 4 N–H and O–H groups in total. The molecule has 600 valence electrons. The number of aliphatic hydroxyl groups excluding tert-OH is 2. The van der Waals surface area contributed by atoms with Crippen LogP contribution in [0.5, 0.6) is 0 Å². The van der Waals surface area contributed by atoms with Crippen LogP contribution in [0.3, 0.4) is 0 Å². The lowest BCUT2D eigenvalue weighted by Gasteiger charge is -2.21. The molecule has 0 heterocycles. The third-order valence-electron chi connectivity index (χ3n) is 16.7. The minimum atomic E-state index is -4.95. The normalized spacial score (nSPS) is 14.8. The van der Waals surface area contributed by atoms with Crippen LogP contribution < -0.4 is 0 Å². The largest absolute Gasteiger partial charge is 0.472 e. The van der Waals surface area contributed by atoms with Crippen LogP contribution in [0.2, 0.25) is 0 Å². The second kappa shape index (κ2) is 78.7. The maximum absolute atomic E-state index is 13.0. The molecule has 0 bridgehead atoms. The highest BCUT2D eigenvalue weighted by Crippen LogP contribution is 2.45. The second-order valence-corrected chi connectivity index (χ2v) is 29.7. The number of rotatable bonds is 76. The Morgan fingerprint density at radius 2 is 0.505 bits per heavy atom. The summed E-state index contributed by atoms with van der Waals surface area (Å²) in [7, 11) is -9.82. The maximum atomic E-state index is 13.0. The lowest BCUT2D eigenvalue weighted by atomic mass is 10.0. The topological polar surface area (TPSA) is 231 Å². The summed E-state index contributed by atoms with van der Waals surface area (Å²) in [5.74, 6) is -1.62. The van der Waals surface area contributed by atoms with E-state index in [1.165, 1.54) is 89.9 Å². The van der Waals surface area contributed by atoms with Crippen molar-refractivity contribution in [1.29, 1.82) is 0 Å². The number of phosphoric acid groups is 2. The maximum Gasteiger partial charge on any atom is 0.472 e. The summed E-state index contributed by atoms with van der Waals surface area (Å²) < 4.78 is 61.2. The van der Waals surface area contributed by atoms with E-state index in [9.17, 15) is 43.5 Å². The van der Waals surface area contributed by atoms with E-state index in [0.717, 1.165) is 167 Å². The highest BCUT2D eigenvalue weighted by Gasteiger charge is 2.29. The fraction of sp³-hybridized carbons (Fsp3) is 0.667. The van der Waals surface area contributed by atoms with Crippen LogP contribution in [-0.4, -0.2) is 95.9 Å². The number of phosphoric ester groups is 2. The van der Waals surface area contributed by atoms with E-state index in [1.54, 1.807) is 0 Å². The number of allylic oxidation sites excluding steroid dienone is 26. The first-order valence-electron chi connectivity index (χ1n) is 40.8. The summed E-state index contributed by atoms with van der Waals surface area (Å²) in [5.41, 5.74) is 0. The highest BCUT2D eigenvalue weighted by molar-refractivity contribution is 7.47. The van der Waals surface area contributed by atoms with Gasteiger partial charge in [0, 0.05) is 19.3 Å². The van der Waals surface area contributed by atoms with Gasteiger partial charge in [0.25, 0.3) is 0 Å². The molecule has 0 radical (unpaired) electrons. The SMILES string of the molecule is CC/C=C\C/C=C\C/C=C\C/C=C\C/C=C\C/C=C\CCCCCCC(=O)OCC(COP(=O)(O)OCC(O)COP(=O)(O)OCC(O)COC(=O)CCCCCCCCCCCCC/C=C\C/C=C\C/C=C\C/C=C\CCCCC)OC(=O)CCCCCCCC/C=C\C/C=C\C/C=C\CCCCC. The predicted molar refractivity (Wildman–Crippen MR) is 435 cm³/mol. The van der Waals surface area contributed by atoms with E-state index in [-0.39, 0.29) is 19.3 Å². The number of ether oxygens (including phenoxy) is 3. The molecule has 105 heavy (non-hydrogen) atoms. The summed E-state index contributed by atoms with van der Waals surface area (Å²) in [5, 5.41) is 20.7. The van der Waals surface area contributed by atoms with E-state index in [0.29, 0.717) is 19.3 Å². The minimum Gasteiger partial charge on any atom is -0.463 e. The summed E-state index contributed by atoms with van der Waals surface area (Å²) in [6, 6.07) is 0. The molecule has 0 amide bonds. The number of unbranched alkanes of at least 4 members (excludes halogenated alkanes) is 27. The Kier molecular flexibility index (Phi) is 75.1. The molecule has 0 aromatic carbocycles. The summed E-state index contributed by atoms with van der Waals surface area (Å²) in [4.78, 5) is 58.8. The Bertz CT molecular complexity index is 2540. The Hall–Kier alpha value is -4.83. The Morgan fingerprint density at radius 3 is 0.800 bits per heavy atom. The zero-order chi connectivity index (χ0) is 76.6. The number of carbonyl (C=O) groups is 3. The first-order chi connectivity index (χ1) is 51.2. The van der Waals surface area contributed by atoms with Crippen molar-refractivity contribution < 1.29 is 75.8 Å². The molecule has 5 atom stereocenters. The zero-order valence-corrected chi connectivity index (χ0v) is 67.4. The molecule has 16 nitrogen and oxygen atoms in total. The number of hydrogen-bond donors (Lipinski definition) is 4. The molecule has 0 saturated heterocycles. The van der Waals surface area contributed by atoms with Crippen molar-refractivity contribution in [3.05, 3.63) is 158 Å². The molecular weight excluding hydrogens is 1360 g/mol. The van der Waals surface area contributed by atoms with Gasteiger partial charge in [-0.05, 0) is 154 Å². The smallest absolute Gasteiger partial charge is 0.463 e. The molecule has 0 aromatic heterocycles. The van der Waals surface area contributed by atoms with Crippen molar-refractivity contribution in [3.8, 4) is 0 Å². The average molecular weight is 1510 g/mol.